The Bertz CT molecular complexity index is 948. The van der Waals surface area contributed by atoms with Gasteiger partial charge in [-0.05, 0) is 77.9 Å². The summed E-state index contributed by atoms with van der Waals surface area (Å²) in [6.07, 6.45) is 6.25. The first kappa shape index (κ1) is 30.2. The molecule has 4 atom stereocenters. The minimum atomic E-state index is -0.373. The van der Waals surface area contributed by atoms with E-state index in [4.69, 9.17) is 30.5 Å². The van der Waals surface area contributed by atoms with Crippen molar-refractivity contribution in [2.24, 2.45) is 5.92 Å². The van der Waals surface area contributed by atoms with Crippen LogP contribution in [0.2, 0.25) is 5.02 Å². The first-order valence-electron chi connectivity index (χ1n) is 12.0. The second-order valence-electron chi connectivity index (χ2n) is 9.75. The molecule has 4 unspecified atom stereocenters. The van der Waals surface area contributed by atoms with Crippen molar-refractivity contribution < 1.29 is 28.5 Å². The molecule has 4 rings (SSSR count). The third-order valence-corrected chi connectivity index (χ3v) is 6.80. The average Bonchev–Trinajstić information content (AvgIpc) is 3.39. The zero-order chi connectivity index (χ0) is 25.6. The van der Waals surface area contributed by atoms with Crippen molar-refractivity contribution in [3.8, 4) is 5.75 Å². The minimum Gasteiger partial charge on any atom is -0.482 e. The Labute approximate surface area is 225 Å². The highest BCUT2D eigenvalue weighted by Crippen LogP contribution is 2.49. The summed E-state index contributed by atoms with van der Waals surface area (Å²) in [5.41, 5.74) is 1.91. The summed E-state index contributed by atoms with van der Waals surface area (Å²) in [6.45, 7) is 9.16. The van der Waals surface area contributed by atoms with E-state index in [1.165, 1.54) is 5.57 Å². The Kier molecular flexibility index (Phi) is 11.3. The molecule has 3 aliphatic rings. The third-order valence-electron chi connectivity index (χ3n) is 6.54. The van der Waals surface area contributed by atoms with Crippen LogP contribution in [0.4, 0.5) is 0 Å². The molecule has 0 bridgehead atoms. The van der Waals surface area contributed by atoms with E-state index in [9.17, 15) is 9.59 Å². The van der Waals surface area contributed by atoms with Crippen LogP contribution < -0.4 is 4.74 Å². The van der Waals surface area contributed by atoms with Crippen molar-refractivity contribution in [2.75, 3.05) is 33.9 Å². The summed E-state index contributed by atoms with van der Waals surface area (Å²) in [5, 5.41) is 0.630. The molecule has 0 radical (unpaired) electrons. The van der Waals surface area contributed by atoms with Gasteiger partial charge in [0.2, 0.25) is 0 Å². The number of fused-ring (bicyclic) bond motifs is 3. The van der Waals surface area contributed by atoms with Crippen LogP contribution in [0.15, 0.2) is 48.1 Å². The Morgan fingerprint density at radius 1 is 1.28 bits per heavy atom. The van der Waals surface area contributed by atoms with E-state index >= 15 is 0 Å². The van der Waals surface area contributed by atoms with Gasteiger partial charge in [0, 0.05) is 23.1 Å². The molecule has 0 N–H and O–H groups in total. The van der Waals surface area contributed by atoms with Crippen molar-refractivity contribution in [1.82, 2.24) is 4.90 Å². The number of likely N-dealkylation sites (N-methyl/N-ethyl adjacent to an activating group) is 1. The number of rotatable bonds is 6. The fourth-order valence-electron chi connectivity index (χ4n) is 4.26. The molecule has 0 aromatic heterocycles. The maximum atomic E-state index is 11.7. The van der Waals surface area contributed by atoms with Crippen LogP contribution in [0.3, 0.4) is 0 Å². The van der Waals surface area contributed by atoms with Crippen LogP contribution in [-0.4, -0.2) is 68.5 Å². The lowest BCUT2D eigenvalue weighted by molar-refractivity contribution is -0.146. The Balaban J connectivity index is 0.000000247. The zero-order valence-electron chi connectivity index (χ0n) is 21.5. The zero-order valence-corrected chi connectivity index (χ0v) is 23.0. The molecule has 1 aromatic rings. The highest BCUT2D eigenvalue weighted by molar-refractivity contribution is 6.30. The molecular formula is C27H37Cl2NO6. The van der Waals surface area contributed by atoms with E-state index in [2.05, 4.69) is 26.5 Å². The van der Waals surface area contributed by atoms with Crippen molar-refractivity contribution in [3.05, 3.63) is 53.1 Å². The Morgan fingerprint density at radius 3 is 2.64 bits per heavy atom. The van der Waals surface area contributed by atoms with Gasteiger partial charge in [-0.1, -0.05) is 29.8 Å². The van der Waals surface area contributed by atoms with Crippen LogP contribution in [0.25, 0.3) is 0 Å². The number of hydrogen-bond donors (Lipinski definition) is 0. The van der Waals surface area contributed by atoms with Crippen LogP contribution in [-0.2, 0) is 23.8 Å². The van der Waals surface area contributed by atoms with Gasteiger partial charge in [-0.15, -0.1) is 12.4 Å². The van der Waals surface area contributed by atoms with E-state index in [0.717, 1.165) is 25.7 Å². The summed E-state index contributed by atoms with van der Waals surface area (Å²) >= 11 is 5.72. The van der Waals surface area contributed by atoms with E-state index in [-0.39, 0.29) is 54.7 Å². The number of allylic oxidation sites excluding steroid dienone is 2. The topological polar surface area (TPSA) is 77.6 Å². The number of nitrogens with zero attached hydrogens (tertiary/aromatic N) is 1. The number of hydrogen-bond acceptors (Lipinski definition) is 7. The largest absolute Gasteiger partial charge is 0.482 e. The average molecular weight is 543 g/mol. The maximum Gasteiger partial charge on any atom is 0.344 e. The molecule has 2 aliphatic heterocycles. The van der Waals surface area contributed by atoms with Crippen LogP contribution in [0.1, 0.15) is 39.5 Å². The summed E-state index contributed by atoms with van der Waals surface area (Å²) in [5.74, 6) is 0.121. The summed E-state index contributed by atoms with van der Waals surface area (Å²) in [6, 6.07) is 6.81. The van der Waals surface area contributed by atoms with Gasteiger partial charge in [0.15, 0.2) is 6.61 Å². The van der Waals surface area contributed by atoms with Crippen molar-refractivity contribution in [1.29, 1.82) is 0 Å². The number of esters is 2. The smallest absolute Gasteiger partial charge is 0.344 e. The van der Waals surface area contributed by atoms with E-state index < -0.39 is 0 Å². The molecule has 200 valence electrons. The van der Waals surface area contributed by atoms with Crippen LogP contribution >= 0.6 is 24.0 Å². The van der Waals surface area contributed by atoms with Gasteiger partial charge < -0.3 is 23.8 Å². The van der Waals surface area contributed by atoms with E-state index in [1.807, 2.05) is 19.0 Å². The molecule has 1 aliphatic carbocycles. The van der Waals surface area contributed by atoms with Crippen molar-refractivity contribution >= 4 is 35.9 Å². The molecule has 7 nitrogen and oxygen atoms in total. The normalized spacial score (nSPS) is 26.7. The maximum absolute atomic E-state index is 11.7. The number of ether oxygens (including phenoxy) is 4. The van der Waals surface area contributed by atoms with Crippen LogP contribution in [0.5, 0.6) is 5.75 Å². The third kappa shape index (κ3) is 8.51. The predicted octanol–water partition coefficient (Wildman–Crippen LogP) is 5.01. The second-order valence-corrected chi connectivity index (χ2v) is 10.2. The van der Waals surface area contributed by atoms with E-state index in [1.54, 1.807) is 24.3 Å². The molecule has 0 amide bonds. The van der Waals surface area contributed by atoms with Crippen molar-refractivity contribution in [3.63, 3.8) is 0 Å². The van der Waals surface area contributed by atoms with Gasteiger partial charge in [0.25, 0.3) is 0 Å². The van der Waals surface area contributed by atoms with Gasteiger partial charge in [-0.25, -0.2) is 9.59 Å². The molecule has 36 heavy (non-hydrogen) atoms. The second kappa shape index (κ2) is 13.5. The number of carbonyl (C=O) groups is 2. The standard InChI is InChI=1S/C15H20O3.C12H16ClNO3.ClH/c1-9-5-4-8-15(3)13(18-15)12-11(7-6-9)10(2)14(16)17-12;1-14(2)7-8-16-12(15)9-17-11-5-3-10(13)4-6-11;/h5,11-13H,2,4,6-8H2,1,3H3;3-6H,7-9H2,1-2H3;1H. The highest BCUT2D eigenvalue weighted by atomic mass is 35.5. The lowest BCUT2D eigenvalue weighted by Crippen LogP contribution is -2.28. The predicted molar refractivity (Wildman–Crippen MR) is 142 cm³/mol. The minimum absolute atomic E-state index is 0. The molecule has 2 heterocycles. The Hall–Kier alpha value is -2.06. The first-order chi connectivity index (χ1) is 16.6. The van der Waals surface area contributed by atoms with Gasteiger partial charge in [0.1, 0.15) is 24.6 Å². The quantitative estimate of drug-likeness (QED) is 0.217. The number of benzene rings is 1. The molecule has 0 spiro atoms. The van der Waals surface area contributed by atoms with Crippen molar-refractivity contribution in [2.45, 2.75) is 57.3 Å². The number of carbonyl (C=O) groups excluding carboxylic acids is 2. The first-order valence-corrected chi connectivity index (χ1v) is 12.4. The molecule has 2 saturated heterocycles. The van der Waals surface area contributed by atoms with Gasteiger partial charge in [-0.2, -0.15) is 0 Å². The summed E-state index contributed by atoms with van der Waals surface area (Å²) in [4.78, 5) is 24.9. The van der Waals surface area contributed by atoms with E-state index in [0.29, 0.717) is 29.5 Å². The molecular weight excluding hydrogens is 505 g/mol. The SMILES string of the molecule is C=C1C(=O)OC2C1CCC(C)=CCCC1(C)OC21.CN(C)CCOC(=O)COc1ccc(Cl)cc1.Cl. The monoisotopic (exact) mass is 541 g/mol. The Morgan fingerprint density at radius 2 is 1.97 bits per heavy atom. The van der Waals surface area contributed by atoms with Crippen LogP contribution in [0, 0.1) is 5.92 Å². The van der Waals surface area contributed by atoms with Gasteiger partial charge >= 0.3 is 11.9 Å². The fourth-order valence-corrected chi connectivity index (χ4v) is 4.39. The number of epoxide rings is 1. The van der Waals surface area contributed by atoms with Gasteiger partial charge in [-0.3, -0.25) is 0 Å². The number of halogens is 2. The molecule has 1 aromatic carbocycles. The lowest BCUT2D eigenvalue weighted by Gasteiger charge is -2.19. The molecule has 0 saturated carbocycles. The fraction of sp³-hybridized carbons (Fsp3) is 0.556. The lowest BCUT2D eigenvalue weighted by atomic mass is 9.84. The summed E-state index contributed by atoms with van der Waals surface area (Å²) < 4.78 is 21.5. The molecule has 2 fully saturated rings. The highest BCUT2D eigenvalue weighted by Gasteiger charge is 2.61. The summed E-state index contributed by atoms with van der Waals surface area (Å²) in [7, 11) is 3.83. The van der Waals surface area contributed by atoms with Gasteiger partial charge in [0.05, 0.1) is 5.60 Å². The molecule has 9 heteroatoms.